The van der Waals surface area contributed by atoms with E-state index in [9.17, 15) is 9.59 Å². The summed E-state index contributed by atoms with van der Waals surface area (Å²) >= 11 is 0. The van der Waals surface area contributed by atoms with Crippen molar-refractivity contribution < 1.29 is 38.4 Å². The van der Waals surface area contributed by atoms with Crippen LogP contribution in [0, 0.1) is 0 Å². The lowest BCUT2D eigenvalue weighted by Crippen LogP contribution is -2.38. The zero-order valence-electron chi connectivity index (χ0n) is 18.0. The van der Waals surface area contributed by atoms with Gasteiger partial charge in [-0.2, -0.15) is 0 Å². The van der Waals surface area contributed by atoms with Crippen molar-refractivity contribution in [2.24, 2.45) is 0 Å². The fourth-order valence-corrected chi connectivity index (χ4v) is 3.64. The van der Waals surface area contributed by atoms with Crippen LogP contribution < -0.4 is 10.6 Å². The lowest BCUT2D eigenvalue weighted by atomic mass is 10.1. The minimum atomic E-state index is -0.903. The van der Waals surface area contributed by atoms with Gasteiger partial charge in [0.15, 0.2) is 12.1 Å². The number of aliphatic carboxylic acids is 1. The molecule has 1 aromatic carbocycles. The molecule has 10 heteroatoms. The van der Waals surface area contributed by atoms with Gasteiger partial charge in [0.05, 0.1) is 13.0 Å². The first kappa shape index (κ1) is 23.4. The molecule has 10 nitrogen and oxygen atoms in total. The Kier molecular flexibility index (Phi) is 7.84. The second-order valence-corrected chi connectivity index (χ2v) is 7.93. The Hall–Kier alpha value is -2.24. The molecule has 2 heterocycles. The van der Waals surface area contributed by atoms with Crippen molar-refractivity contribution in [3.8, 4) is 0 Å². The van der Waals surface area contributed by atoms with Gasteiger partial charge in [-0.25, -0.2) is 4.79 Å². The van der Waals surface area contributed by atoms with Crippen LogP contribution in [0.25, 0.3) is 0 Å². The molecule has 0 bridgehead atoms. The predicted octanol–water partition coefficient (Wildman–Crippen LogP) is 1.73. The van der Waals surface area contributed by atoms with E-state index in [1.54, 1.807) is 31.4 Å². The molecule has 0 unspecified atom stereocenters. The number of anilines is 1. The summed E-state index contributed by atoms with van der Waals surface area (Å²) in [6.07, 6.45) is -1.09. The Bertz CT molecular complexity index is 754. The van der Waals surface area contributed by atoms with Gasteiger partial charge in [0.1, 0.15) is 18.3 Å². The van der Waals surface area contributed by atoms with Gasteiger partial charge in [-0.15, -0.1) is 0 Å². The van der Waals surface area contributed by atoms with Gasteiger partial charge in [0.25, 0.3) is 0 Å². The highest BCUT2D eigenvalue weighted by molar-refractivity contribution is 5.84. The van der Waals surface area contributed by atoms with Crippen molar-refractivity contribution in [1.29, 1.82) is 0 Å². The molecule has 1 aromatic rings. The van der Waals surface area contributed by atoms with Crippen LogP contribution in [0.1, 0.15) is 25.8 Å². The molecule has 2 aliphatic heterocycles. The van der Waals surface area contributed by atoms with E-state index in [1.165, 1.54) is 0 Å². The fourth-order valence-electron chi connectivity index (χ4n) is 3.64. The van der Waals surface area contributed by atoms with Gasteiger partial charge in [0.2, 0.25) is 0 Å². The van der Waals surface area contributed by atoms with Crippen LogP contribution in [-0.4, -0.2) is 74.4 Å². The van der Waals surface area contributed by atoms with E-state index >= 15 is 0 Å². The highest BCUT2D eigenvalue weighted by atomic mass is 16.8. The predicted molar refractivity (Wildman–Crippen MR) is 110 cm³/mol. The van der Waals surface area contributed by atoms with Gasteiger partial charge < -0.3 is 34.1 Å². The van der Waals surface area contributed by atoms with Crippen molar-refractivity contribution in [1.82, 2.24) is 5.32 Å². The maximum Gasteiger partial charge on any atom is 0.411 e. The molecule has 0 saturated carbocycles. The molecule has 2 aliphatic rings. The molecule has 31 heavy (non-hydrogen) atoms. The van der Waals surface area contributed by atoms with Crippen LogP contribution in [0.4, 0.5) is 10.5 Å². The first-order valence-corrected chi connectivity index (χ1v) is 10.3. The van der Waals surface area contributed by atoms with Gasteiger partial charge in [0, 0.05) is 19.3 Å². The number of carbonyl (C=O) groups excluding carboxylic acids is 1. The number of nitrogens with one attached hydrogen (secondary N) is 2. The maximum absolute atomic E-state index is 11.9. The first-order chi connectivity index (χ1) is 14.8. The maximum atomic E-state index is 11.9. The second kappa shape index (κ2) is 10.4. The number of hydrogen-bond acceptors (Lipinski definition) is 8. The summed E-state index contributed by atoms with van der Waals surface area (Å²) in [5.41, 5.74) is 1.20. The molecule has 4 atom stereocenters. The number of fused-ring (bicyclic) bond motifs is 1. The van der Waals surface area contributed by atoms with Gasteiger partial charge in [-0.1, -0.05) is 12.1 Å². The van der Waals surface area contributed by atoms with Crippen molar-refractivity contribution >= 4 is 17.7 Å². The summed E-state index contributed by atoms with van der Waals surface area (Å²) in [7, 11) is 1.58. The lowest BCUT2D eigenvalue weighted by Gasteiger charge is -2.23. The molecule has 0 aromatic heterocycles. The quantitative estimate of drug-likeness (QED) is 0.468. The van der Waals surface area contributed by atoms with Crippen LogP contribution in [0.3, 0.4) is 0 Å². The zero-order valence-corrected chi connectivity index (χ0v) is 18.0. The van der Waals surface area contributed by atoms with Crippen LogP contribution in [0.5, 0.6) is 0 Å². The third-order valence-electron chi connectivity index (χ3n) is 4.97. The lowest BCUT2D eigenvalue weighted by molar-refractivity contribution is -0.226. The number of benzene rings is 1. The van der Waals surface area contributed by atoms with Crippen molar-refractivity contribution in [3.05, 3.63) is 29.8 Å². The normalized spacial score (nSPS) is 26.4. The summed E-state index contributed by atoms with van der Waals surface area (Å²) in [6, 6.07) is 6.58. The monoisotopic (exact) mass is 438 g/mol. The van der Waals surface area contributed by atoms with Gasteiger partial charge in [-0.3, -0.25) is 10.1 Å². The number of carbonyl (C=O) groups is 2. The summed E-state index contributed by atoms with van der Waals surface area (Å²) in [4.78, 5) is 22.5. The Balaban J connectivity index is 1.30. The third-order valence-corrected chi connectivity index (χ3v) is 4.97. The Morgan fingerprint density at radius 3 is 2.55 bits per heavy atom. The highest BCUT2D eigenvalue weighted by Gasteiger charge is 2.55. The number of amides is 1. The average molecular weight is 438 g/mol. The van der Waals surface area contributed by atoms with Gasteiger partial charge >= 0.3 is 12.1 Å². The number of carboxylic acid groups (broad SMARTS) is 1. The van der Waals surface area contributed by atoms with E-state index < -0.39 is 24.1 Å². The SMILES string of the molecule is CO[C@H]1O[C@H](CNCCCOC(=O)Nc2ccc(CC(=O)O)cc2)[C@@H]2OC(C)(C)O[C@H]12. The highest BCUT2D eigenvalue weighted by Crippen LogP contribution is 2.38. The topological polar surface area (TPSA) is 125 Å². The number of rotatable bonds is 10. The molecule has 1 amide bonds. The van der Waals surface area contributed by atoms with Crippen molar-refractivity contribution in [3.63, 3.8) is 0 Å². The van der Waals surface area contributed by atoms with Crippen molar-refractivity contribution in [2.45, 2.75) is 57.1 Å². The minimum Gasteiger partial charge on any atom is -0.481 e. The molecule has 0 radical (unpaired) electrons. The average Bonchev–Trinajstić information content (AvgIpc) is 3.18. The number of carboxylic acids is 1. The third kappa shape index (κ3) is 6.62. The Labute approximate surface area is 181 Å². The van der Waals surface area contributed by atoms with E-state index in [4.69, 9.17) is 28.8 Å². The molecule has 3 N–H and O–H groups in total. The van der Waals surface area contributed by atoms with Gasteiger partial charge in [-0.05, 0) is 44.5 Å². The molecule has 0 aliphatic carbocycles. The smallest absolute Gasteiger partial charge is 0.411 e. The number of methoxy groups -OCH3 is 1. The van der Waals surface area contributed by atoms with E-state index in [1.807, 2.05) is 13.8 Å². The molecule has 2 saturated heterocycles. The van der Waals surface area contributed by atoms with E-state index in [0.29, 0.717) is 30.8 Å². The Morgan fingerprint density at radius 1 is 1.16 bits per heavy atom. The van der Waals surface area contributed by atoms with E-state index in [0.717, 1.165) is 0 Å². The molecule has 3 rings (SSSR count). The van der Waals surface area contributed by atoms with E-state index in [-0.39, 0.29) is 31.3 Å². The fraction of sp³-hybridized carbons (Fsp3) is 0.619. The van der Waals surface area contributed by atoms with Crippen molar-refractivity contribution in [2.75, 3.05) is 32.1 Å². The first-order valence-electron chi connectivity index (χ1n) is 10.3. The number of hydrogen-bond donors (Lipinski definition) is 3. The van der Waals surface area contributed by atoms with Crippen LogP contribution in [-0.2, 0) is 34.9 Å². The molecule has 0 spiro atoms. The van der Waals surface area contributed by atoms with Crippen LogP contribution >= 0.6 is 0 Å². The van der Waals surface area contributed by atoms with E-state index in [2.05, 4.69) is 10.6 Å². The number of ether oxygens (including phenoxy) is 5. The second-order valence-electron chi connectivity index (χ2n) is 7.93. The summed E-state index contributed by atoms with van der Waals surface area (Å²) in [5, 5.41) is 14.7. The molecule has 172 valence electrons. The summed E-state index contributed by atoms with van der Waals surface area (Å²) in [6.45, 7) is 5.19. The zero-order chi connectivity index (χ0) is 22.4. The molecule has 2 fully saturated rings. The van der Waals surface area contributed by atoms with Crippen LogP contribution in [0.2, 0.25) is 0 Å². The minimum absolute atomic E-state index is 0.0614. The summed E-state index contributed by atoms with van der Waals surface area (Å²) in [5.74, 6) is -1.56. The Morgan fingerprint density at radius 2 is 1.87 bits per heavy atom. The molecular weight excluding hydrogens is 408 g/mol. The largest absolute Gasteiger partial charge is 0.481 e. The molecular formula is C21H30N2O8. The standard InChI is InChI=1S/C21H30N2O8/c1-21(2)30-17-15(29-19(27-3)18(17)31-21)12-22-9-4-10-28-20(26)23-14-7-5-13(6-8-14)11-16(24)25/h5-8,15,17-19,22H,4,9-12H2,1-3H3,(H,23,26)(H,24,25)/t15-,17+,18+,19+/m1/s1. The van der Waals surface area contributed by atoms with Crippen LogP contribution in [0.15, 0.2) is 24.3 Å². The summed E-state index contributed by atoms with van der Waals surface area (Å²) < 4.78 is 28.2.